The maximum absolute atomic E-state index is 14.0. The van der Waals surface area contributed by atoms with Crippen LogP contribution in [0.25, 0.3) is 0 Å². The van der Waals surface area contributed by atoms with E-state index >= 15 is 0 Å². The minimum absolute atomic E-state index is 0.00602. The van der Waals surface area contributed by atoms with Gasteiger partial charge in [0.25, 0.3) is 0 Å². The molecule has 5 rings (SSSR count). The molecule has 1 aromatic heterocycles. The molecule has 5 atom stereocenters. The number of hydrogen-bond acceptors (Lipinski definition) is 5. The van der Waals surface area contributed by atoms with E-state index in [2.05, 4.69) is 26.1 Å². The average Bonchev–Trinajstić information content (AvgIpc) is 3.17. The number of pyridine rings is 1. The number of amides is 1. The van der Waals surface area contributed by atoms with E-state index in [0.29, 0.717) is 24.9 Å². The van der Waals surface area contributed by atoms with Crippen molar-refractivity contribution in [1.29, 1.82) is 0 Å². The highest BCUT2D eigenvalue weighted by atomic mass is 19.1. The summed E-state index contributed by atoms with van der Waals surface area (Å²) in [5, 5.41) is 3.33. The molecule has 8 heteroatoms. The molecule has 1 saturated carbocycles. The number of hydrogen-bond donors (Lipinski definition) is 3. The molecule has 1 aromatic carbocycles. The van der Waals surface area contributed by atoms with Crippen molar-refractivity contribution in [3.63, 3.8) is 0 Å². The summed E-state index contributed by atoms with van der Waals surface area (Å²) in [5.74, 6) is -0.451. The number of nitrogens with one attached hydrogen (secondary N) is 3. The predicted molar refractivity (Wildman–Crippen MR) is 130 cm³/mol. The summed E-state index contributed by atoms with van der Waals surface area (Å²) in [6, 6.07) is 8.74. The van der Waals surface area contributed by atoms with Gasteiger partial charge in [-0.3, -0.25) is 15.2 Å². The fourth-order valence-electron chi connectivity index (χ4n) is 6.10. The summed E-state index contributed by atoms with van der Waals surface area (Å²) in [6.45, 7) is 2.20. The number of carbonyl (C=O) groups is 1. The molecule has 3 aliphatic rings. The molecular weight excluding hydrogens is 448 g/mol. The van der Waals surface area contributed by atoms with Gasteiger partial charge in [-0.15, -0.1) is 0 Å². The zero-order valence-electron chi connectivity index (χ0n) is 20.1. The van der Waals surface area contributed by atoms with E-state index in [1.54, 1.807) is 0 Å². The van der Waals surface area contributed by atoms with Crippen LogP contribution in [0, 0.1) is 23.5 Å². The minimum Gasteiger partial charge on any atom is -0.352 e. The number of fused-ring (bicyclic) bond motifs is 1. The summed E-state index contributed by atoms with van der Waals surface area (Å²) in [5.41, 5.74) is 8.22. The summed E-state index contributed by atoms with van der Waals surface area (Å²) >= 11 is 0. The molecule has 3 fully saturated rings. The topological polar surface area (TPSA) is 69.3 Å². The van der Waals surface area contributed by atoms with Gasteiger partial charge in [0.2, 0.25) is 5.91 Å². The fraction of sp³-hybridized carbons (Fsp3) is 0.556. The molecule has 3 N–H and O–H groups in total. The Hall–Kier alpha value is -2.42. The van der Waals surface area contributed by atoms with E-state index in [1.807, 2.05) is 24.5 Å². The van der Waals surface area contributed by atoms with Gasteiger partial charge in [-0.25, -0.2) is 14.2 Å². The Morgan fingerprint density at radius 2 is 1.86 bits per heavy atom. The van der Waals surface area contributed by atoms with Gasteiger partial charge in [-0.2, -0.15) is 0 Å². The molecule has 188 valence electrons. The zero-order valence-corrected chi connectivity index (χ0v) is 20.1. The minimum atomic E-state index is -0.485. The van der Waals surface area contributed by atoms with Gasteiger partial charge >= 0.3 is 0 Å². The van der Waals surface area contributed by atoms with Crippen molar-refractivity contribution in [2.24, 2.45) is 11.8 Å². The third-order valence-corrected chi connectivity index (χ3v) is 8.03. The van der Waals surface area contributed by atoms with Crippen LogP contribution in [0.2, 0.25) is 0 Å². The summed E-state index contributed by atoms with van der Waals surface area (Å²) in [4.78, 5) is 19.7. The van der Waals surface area contributed by atoms with Crippen molar-refractivity contribution in [2.75, 3.05) is 19.6 Å². The maximum Gasteiger partial charge on any atom is 0.223 e. The van der Waals surface area contributed by atoms with Crippen LogP contribution in [0.3, 0.4) is 0 Å². The third kappa shape index (κ3) is 5.71. The fourth-order valence-corrected chi connectivity index (χ4v) is 6.10. The van der Waals surface area contributed by atoms with Gasteiger partial charge in [0.15, 0.2) is 0 Å². The van der Waals surface area contributed by atoms with Crippen LogP contribution in [0.15, 0.2) is 42.7 Å². The Labute approximate surface area is 205 Å². The molecule has 35 heavy (non-hydrogen) atoms. The van der Waals surface area contributed by atoms with Crippen molar-refractivity contribution < 1.29 is 13.6 Å². The number of likely N-dealkylation sites (tertiary alicyclic amines) is 1. The Morgan fingerprint density at radius 1 is 1.06 bits per heavy atom. The highest BCUT2D eigenvalue weighted by Gasteiger charge is 2.43. The quantitative estimate of drug-likeness (QED) is 0.587. The first-order chi connectivity index (χ1) is 17.1. The number of nitrogens with zero attached hydrogens (tertiary/aromatic N) is 2. The van der Waals surface area contributed by atoms with Crippen LogP contribution >= 0.6 is 0 Å². The van der Waals surface area contributed by atoms with Gasteiger partial charge < -0.3 is 10.2 Å². The van der Waals surface area contributed by atoms with Crippen LogP contribution in [0.4, 0.5) is 8.78 Å². The normalized spacial score (nSPS) is 29.4. The molecule has 2 aromatic rings. The molecule has 3 heterocycles. The molecule has 0 spiro atoms. The molecule has 1 aliphatic carbocycles. The van der Waals surface area contributed by atoms with E-state index in [0.717, 1.165) is 51.6 Å². The Bertz CT molecular complexity index is 986. The molecule has 0 bridgehead atoms. The van der Waals surface area contributed by atoms with Crippen LogP contribution in [0.5, 0.6) is 0 Å². The van der Waals surface area contributed by atoms with Gasteiger partial charge in [0.05, 0.1) is 6.04 Å². The van der Waals surface area contributed by atoms with Crippen LogP contribution in [0.1, 0.15) is 55.7 Å². The lowest BCUT2D eigenvalue weighted by Gasteiger charge is -2.34. The largest absolute Gasteiger partial charge is 0.352 e. The van der Waals surface area contributed by atoms with E-state index in [-0.39, 0.29) is 29.5 Å². The first-order valence-corrected chi connectivity index (χ1v) is 12.9. The summed E-state index contributed by atoms with van der Waals surface area (Å²) in [6.07, 6.45) is 9.69. The molecule has 1 amide bonds. The molecule has 0 radical (unpaired) electrons. The van der Waals surface area contributed by atoms with E-state index in [1.165, 1.54) is 23.8 Å². The highest BCUT2D eigenvalue weighted by Crippen LogP contribution is 2.40. The van der Waals surface area contributed by atoms with Gasteiger partial charge in [0, 0.05) is 49.0 Å². The smallest absolute Gasteiger partial charge is 0.223 e. The number of rotatable bonds is 6. The van der Waals surface area contributed by atoms with Gasteiger partial charge in [-0.05, 0) is 80.8 Å². The number of aromatic nitrogens is 1. The van der Waals surface area contributed by atoms with Gasteiger partial charge in [-0.1, -0.05) is 12.5 Å². The lowest BCUT2D eigenvalue weighted by atomic mass is 9.74. The van der Waals surface area contributed by atoms with Crippen LogP contribution < -0.4 is 16.2 Å². The summed E-state index contributed by atoms with van der Waals surface area (Å²) < 4.78 is 28.1. The second-order valence-corrected chi connectivity index (χ2v) is 10.3. The number of benzene rings is 1. The monoisotopic (exact) mass is 483 g/mol. The number of carbonyl (C=O) groups excluding carboxylic acids is 1. The van der Waals surface area contributed by atoms with Crippen molar-refractivity contribution in [3.8, 4) is 0 Å². The summed E-state index contributed by atoms with van der Waals surface area (Å²) in [7, 11) is 0. The van der Waals surface area contributed by atoms with Crippen molar-refractivity contribution in [3.05, 3.63) is 65.5 Å². The SMILES string of the molecule is O=C(NC1CCCCN(CCc2c(F)cccc2F)C1)C1CCC2NNC(c3ccncc3)C2C1. The molecule has 5 unspecified atom stereocenters. The number of halogens is 2. The van der Waals surface area contributed by atoms with Gasteiger partial charge in [0.1, 0.15) is 11.6 Å². The molecule has 2 saturated heterocycles. The molecule has 2 aliphatic heterocycles. The lowest BCUT2D eigenvalue weighted by Crippen LogP contribution is -2.47. The van der Waals surface area contributed by atoms with Crippen LogP contribution in [-0.4, -0.2) is 47.5 Å². The van der Waals surface area contributed by atoms with E-state index in [4.69, 9.17) is 0 Å². The van der Waals surface area contributed by atoms with E-state index < -0.39 is 11.6 Å². The van der Waals surface area contributed by atoms with Crippen molar-refractivity contribution >= 4 is 5.91 Å². The highest BCUT2D eigenvalue weighted by molar-refractivity contribution is 5.79. The molecular formula is C27H35F2N5O. The number of hydrazine groups is 1. The lowest BCUT2D eigenvalue weighted by molar-refractivity contribution is -0.127. The Kier molecular flexibility index (Phi) is 7.70. The van der Waals surface area contributed by atoms with E-state index in [9.17, 15) is 13.6 Å². The first kappa shape index (κ1) is 24.3. The Morgan fingerprint density at radius 3 is 2.66 bits per heavy atom. The average molecular weight is 484 g/mol. The Balaban J connectivity index is 1.16. The standard InChI is InChI=1S/C27H35F2N5O/c28-23-5-3-6-24(29)21(23)11-15-34-14-2-1-4-20(17-34)31-27(35)19-7-8-25-22(16-19)26(33-32-25)18-9-12-30-13-10-18/h3,5-6,9-10,12-13,19-20,22,25-26,32-33H,1-2,4,7-8,11,14-17H2,(H,31,35). The third-order valence-electron chi connectivity index (χ3n) is 8.03. The predicted octanol–water partition coefficient (Wildman–Crippen LogP) is 3.51. The zero-order chi connectivity index (χ0) is 24.2. The maximum atomic E-state index is 14.0. The van der Waals surface area contributed by atoms with Crippen molar-refractivity contribution in [1.82, 2.24) is 26.1 Å². The van der Waals surface area contributed by atoms with Crippen LogP contribution in [-0.2, 0) is 11.2 Å². The molecule has 6 nitrogen and oxygen atoms in total. The first-order valence-electron chi connectivity index (χ1n) is 12.9. The second-order valence-electron chi connectivity index (χ2n) is 10.3. The van der Waals surface area contributed by atoms with Crippen molar-refractivity contribution in [2.45, 2.75) is 63.1 Å². The second kappa shape index (κ2) is 11.1.